The molecule has 1 rings (SSSR count). The van der Waals surface area contributed by atoms with Crippen LogP contribution >= 0.6 is 0 Å². The Morgan fingerprint density at radius 3 is 2.62 bits per heavy atom. The van der Waals surface area contributed by atoms with Crippen LogP contribution in [0.2, 0.25) is 0 Å². The Hall–Kier alpha value is -2.64. The minimum absolute atomic E-state index is 0.0297. The van der Waals surface area contributed by atoms with Crippen LogP contribution in [0.3, 0.4) is 0 Å². The van der Waals surface area contributed by atoms with Gasteiger partial charge in [-0.3, -0.25) is 9.79 Å². The van der Waals surface area contributed by atoms with E-state index >= 15 is 0 Å². The summed E-state index contributed by atoms with van der Waals surface area (Å²) >= 11 is 0. The van der Waals surface area contributed by atoms with Gasteiger partial charge in [-0.1, -0.05) is 0 Å². The first kappa shape index (κ1) is 16.4. The van der Waals surface area contributed by atoms with Crippen LogP contribution in [0.25, 0.3) is 0 Å². The van der Waals surface area contributed by atoms with E-state index in [2.05, 4.69) is 10.3 Å². The Labute approximate surface area is 120 Å². The van der Waals surface area contributed by atoms with Gasteiger partial charge in [-0.05, 0) is 24.1 Å². The zero-order chi connectivity index (χ0) is 15.8. The van der Waals surface area contributed by atoms with Crippen LogP contribution in [-0.4, -0.2) is 52.0 Å². The second kappa shape index (κ2) is 7.83. The molecule has 0 aromatic carbocycles. The van der Waals surface area contributed by atoms with Gasteiger partial charge >= 0.3 is 17.9 Å². The van der Waals surface area contributed by atoms with Crippen molar-refractivity contribution in [2.75, 3.05) is 6.54 Å². The standard InChI is InChI=1S/C13H16N2O6/c16-11(17)2-1-4-14-5-3-8-6-9(12(18)19)15-10(7-8)13(20)21/h3,5-6,10,15H,1-2,4,7H2,(H,16,17)(H,18,19)(H,20,21)/b8-3+,14-5?/t10-/m0/s1. The van der Waals surface area contributed by atoms with Crippen molar-refractivity contribution in [1.82, 2.24) is 5.32 Å². The highest BCUT2D eigenvalue weighted by Crippen LogP contribution is 2.16. The van der Waals surface area contributed by atoms with Crippen LogP contribution in [0.4, 0.5) is 0 Å². The second-order valence-corrected chi connectivity index (χ2v) is 4.40. The molecule has 1 atom stereocenters. The van der Waals surface area contributed by atoms with E-state index in [4.69, 9.17) is 15.3 Å². The quantitative estimate of drug-likeness (QED) is 0.391. The molecule has 0 amide bonds. The van der Waals surface area contributed by atoms with Crippen molar-refractivity contribution >= 4 is 24.1 Å². The van der Waals surface area contributed by atoms with E-state index in [9.17, 15) is 14.4 Å². The van der Waals surface area contributed by atoms with Crippen molar-refractivity contribution in [1.29, 1.82) is 0 Å². The minimum Gasteiger partial charge on any atom is -0.481 e. The predicted molar refractivity (Wildman–Crippen MR) is 73.2 cm³/mol. The first-order valence-electron chi connectivity index (χ1n) is 6.25. The molecule has 0 fully saturated rings. The van der Waals surface area contributed by atoms with E-state index in [0.29, 0.717) is 18.5 Å². The van der Waals surface area contributed by atoms with E-state index in [0.717, 1.165) is 0 Å². The van der Waals surface area contributed by atoms with Gasteiger partial charge in [0.2, 0.25) is 0 Å². The van der Waals surface area contributed by atoms with E-state index in [1.807, 2.05) is 0 Å². The molecule has 0 saturated heterocycles. The van der Waals surface area contributed by atoms with Gasteiger partial charge in [-0.25, -0.2) is 9.59 Å². The molecule has 8 heteroatoms. The Morgan fingerprint density at radius 1 is 1.33 bits per heavy atom. The van der Waals surface area contributed by atoms with Crippen molar-refractivity contribution in [3.63, 3.8) is 0 Å². The highest BCUT2D eigenvalue weighted by molar-refractivity contribution is 5.89. The summed E-state index contributed by atoms with van der Waals surface area (Å²) in [4.78, 5) is 36.1. The number of carboxylic acid groups (broad SMARTS) is 3. The zero-order valence-electron chi connectivity index (χ0n) is 11.2. The summed E-state index contributed by atoms with van der Waals surface area (Å²) in [7, 11) is 0. The molecule has 0 spiro atoms. The molecule has 21 heavy (non-hydrogen) atoms. The van der Waals surface area contributed by atoms with Crippen molar-refractivity contribution in [3.05, 3.63) is 23.4 Å². The van der Waals surface area contributed by atoms with Crippen LogP contribution in [-0.2, 0) is 14.4 Å². The molecule has 0 radical (unpaired) electrons. The fraction of sp³-hybridized carbons (Fsp3) is 0.385. The van der Waals surface area contributed by atoms with Crippen LogP contribution in [0.5, 0.6) is 0 Å². The molecular weight excluding hydrogens is 280 g/mol. The van der Waals surface area contributed by atoms with Gasteiger partial charge in [0.05, 0.1) is 0 Å². The van der Waals surface area contributed by atoms with Gasteiger partial charge in [-0.2, -0.15) is 0 Å². The number of carboxylic acids is 3. The van der Waals surface area contributed by atoms with Crippen LogP contribution in [0.15, 0.2) is 28.4 Å². The summed E-state index contributed by atoms with van der Waals surface area (Å²) in [6, 6.07) is -0.993. The predicted octanol–water partition coefficient (Wildman–Crippen LogP) is 0.263. The monoisotopic (exact) mass is 296 g/mol. The highest BCUT2D eigenvalue weighted by atomic mass is 16.4. The molecule has 0 saturated carbocycles. The average Bonchev–Trinajstić information content (AvgIpc) is 2.41. The molecule has 1 aliphatic heterocycles. The Kier molecular flexibility index (Phi) is 6.12. The minimum atomic E-state index is -1.23. The Bertz CT molecular complexity index is 521. The molecular formula is C13H16N2O6. The maximum Gasteiger partial charge on any atom is 0.351 e. The third-order valence-electron chi connectivity index (χ3n) is 2.70. The molecule has 0 aromatic rings. The summed E-state index contributed by atoms with van der Waals surface area (Å²) in [5.74, 6) is -3.25. The average molecular weight is 296 g/mol. The van der Waals surface area contributed by atoms with Crippen molar-refractivity contribution < 1.29 is 29.7 Å². The van der Waals surface area contributed by atoms with Gasteiger partial charge in [0.15, 0.2) is 0 Å². The van der Waals surface area contributed by atoms with Crippen LogP contribution < -0.4 is 5.32 Å². The lowest BCUT2D eigenvalue weighted by Crippen LogP contribution is -2.41. The van der Waals surface area contributed by atoms with Gasteiger partial charge in [-0.15, -0.1) is 0 Å². The topological polar surface area (TPSA) is 136 Å². The third kappa shape index (κ3) is 5.89. The summed E-state index contributed by atoms with van der Waals surface area (Å²) in [5, 5.41) is 28.7. The third-order valence-corrected chi connectivity index (χ3v) is 2.70. The first-order chi connectivity index (χ1) is 9.90. The van der Waals surface area contributed by atoms with Crippen LogP contribution in [0.1, 0.15) is 19.3 Å². The Morgan fingerprint density at radius 2 is 2.05 bits per heavy atom. The fourth-order valence-corrected chi connectivity index (χ4v) is 1.69. The van der Waals surface area contributed by atoms with Crippen molar-refractivity contribution in [3.8, 4) is 0 Å². The largest absolute Gasteiger partial charge is 0.481 e. The molecule has 8 nitrogen and oxygen atoms in total. The number of aliphatic imine (C=N–C) groups is 1. The number of hydrogen-bond acceptors (Lipinski definition) is 5. The van der Waals surface area contributed by atoms with Crippen LogP contribution in [0, 0.1) is 0 Å². The van der Waals surface area contributed by atoms with Crippen molar-refractivity contribution in [2.24, 2.45) is 4.99 Å². The molecule has 1 aliphatic rings. The smallest absolute Gasteiger partial charge is 0.351 e. The summed E-state index contributed by atoms with van der Waals surface area (Å²) in [5.41, 5.74) is 0.347. The Balaban J connectivity index is 2.66. The van der Waals surface area contributed by atoms with Crippen molar-refractivity contribution in [2.45, 2.75) is 25.3 Å². The molecule has 0 unspecified atom stereocenters. The summed E-state index contributed by atoms with van der Waals surface area (Å²) in [6.07, 6.45) is 4.89. The number of aliphatic carboxylic acids is 3. The maximum atomic E-state index is 10.9. The number of carbonyl (C=O) groups is 3. The second-order valence-electron chi connectivity index (χ2n) is 4.40. The molecule has 0 bridgehead atoms. The molecule has 0 aliphatic carbocycles. The van der Waals surface area contributed by atoms with E-state index in [1.165, 1.54) is 18.4 Å². The number of allylic oxidation sites excluding steroid dienone is 2. The fourth-order valence-electron chi connectivity index (χ4n) is 1.69. The highest BCUT2D eigenvalue weighted by Gasteiger charge is 2.26. The van der Waals surface area contributed by atoms with Gasteiger partial charge in [0, 0.05) is 25.6 Å². The molecule has 1 heterocycles. The number of rotatable bonds is 7. The van der Waals surface area contributed by atoms with E-state index in [-0.39, 0.29) is 18.5 Å². The lowest BCUT2D eigenvalue weighted by Gasteiger charge is -2.21. The lowest BCUT2D eigenvalue weighted by atomic mass is 10.00. The van der Waals surface area contributed by atoms with Gasteiger partial charge in [0.25, 0.3) is 0 Å². The number of nitrogens with one attached hydrogen (secondary N) is 1. The lowest BCUT2D eigenvalue weighted by molar-refractivity contribution is -0.140. The summed E-state index contributed by atoms with van der Waals surface area (Å²) < 4.78 is 0. The molecule has 0 aromatic heterocycles. The molecule has 4 N–H and O–H groups in total. The number of hydrogen-bond donors (Lipinski definition) is 4. The van der Waals surface area contributed by atoms with E-state index in [1.54, 1.807) is 0 Å². The summed E-state index contributed by atoms with van der Waals surface area (Å²) in [6.45, 7) is 0.339. The maximum absolute atomic E-state index is 10.9. The zero-order valence-corrected chi connectivity index (χ0v) is 11.2. The normalized spacial score (nSPS) is 20.1. The van der Waals surface area contributed by atoms with E-state index < -0.39 is 23.9 Å². The molecule has 114 valence electrons. The SMILES string of the molecule is O=C(O)CCCN=C/C=C1\C=C(C(=O)O)N[C@H](C(=O)O)C1. The number of nitrogens with zero attached hydrogens (tertiary/aromatic N) is 1. The first-order valence-corrected chi connectivity index (χ1v) is 6.25. The van der Waals surface area contributed by atoms with Gasteiger partial charge in [0.1, 0.15) is 11.7 Å². The van der Waals surface area contributed by atoms with Gasteiger partial charge < -0.3 is 20.6 Å².